The van der Waals surface area contributed by atoms with Gasteiger partial charge in [-0.05, 0) is 38.1 Å². The Bertz CT molecular complexity index is 652. The highest BCUT2D eigenvalue weighted by Crippen LogP contribution is 2.14. The van der Waals surface area contributed by atoms with E-state index in [1.54, 1.807) is 45.2 Å². The smallest absolute Gasteiger partial charge is 0.309 e. The summed E-state index contributed by atoms with van der Waals surface area (Å²) in [6.45, 7) is 7.38. The first-order valence-electron chi connectivity index (χ1n) is 9.15. The van der Waals surface area contributed by atoms with E-state index in [1.165, 1.54) is 0 Å². The van der Waals surface area contributed by atoms with Crippen LogP contribution in [-0.2, 0) is 9.59 Å². The third kappa shape index (κ3) is 6.25. The van der Waals surface area contributed by atoms with Crippen molar-refractivity contribution in [3.8, 4) is 5.75 Å². The predicted molar refractivity (Wildman–Crippen MR) is 102 cm³/mol. The minimum atomic E-state index is -0.614. The van der Waals surface area contributed by atoms with E-state index in [2.05, 4.69) is 15.5 Å². The zero-order valence-electron chi connectivity index (χ0n) is 16.2. The number of carbonyl (C=O) groups excluding carboxylic acids is 3. The number of carbonyl (C=O) groups is 3. The second-order valence-electron chi connectivity index (χ2n) is 6.75. The predicted octanol–water partition coefficient (Wildman–Crippen LogP) is 0.0938. The maximum Gasteiger partial charge on any atom is 0.309 e. The van der Waals surface area contributed by atoms with Crippen molar-refractivity contribution in [1.82, 2.24) is 20.4 Å². The summed E-state index contributed by atoms with van der Waals surface area (Å²) in [6.07, 6.45) is 0. The van der Waals surface area contributed by atoms with Gasteiger partial charge in [0, 0.05) is 50.9 Å². The number of benzene rings is 1. The SMILES string of the molecule is COc1ccc(C(=O)N2CCN(CCNC(=O)C(=O)NC(C)C)CC2)cc1. The molecule has 1 aromatic rings. The van der Waals surface area contributed by atoms with Gasteiger partial charge in [0.25, 0.3) is 5.91 Å². The van der Waals surface area contributed by atoms with Crippen LogP contribution in [0.25, 0.3) is 0 Å². The molecule has 27 heavy (non-hydrogen) atoms. The van der Waals surface area contributed by atoms with Crippen LogP contribution in [0.4, 0.5) is 0 Å². The molecular formula is C19H28N4O4. The lowest BCUT2D eigenvalue weighted by molar-refractivity contribution is -0.139. The van der Waals surface area contributed by atoms with E-state index in [0.717, 1.165) is 18.8 Å². The van der Waals surface area contributed by atoms with E-state index in [9.17, 15) is 14.4 Å². The number of hydrogen-bond acceptors (Lipinski definition) is 5. The summed E-state index contributed by atoms with van der Waals surface area (Å²) >= 11 is 0. The first kappa shape index (κ1) is 20.7. The molecule has 1 aromatic carbocycles. The Morgan fingerprint density at radius 3 is 2.22 bits per heavy atom. The van der Waals surface area contributed by atoms with E-state index in [1.807, 2.05) is 4.90 Å². The van der Waals surface area contributed by atoms with Crippen molar-refractivity contribution < 1.29 is 19.1 Å². The lowest BCUT2D eigenvalue weighted by atomic mass is 10.1. The van der Waals surface area contributed by atoms with Crippen LogP contribution in [0, 0.1) is 0 Å². The quantitative estimate of drug-likeness (QED) is 0.687. The first-order valence-corrected chi connectivity index (χ1v) is 9.15. The highest BCUT2D eigenvalue weighted by Gasteiger charge is 2.22. The molecule has 148 valence electrons. The first-order chi connectivity index (χ1) is 12.9. The van der Waals surface area contributed by atoms with Gasteiger partial charge in [0.15, 0.2) is 0 Å². The van der Waals surface area contributed by atoms with Crippen LogP contribution in [0.5, 0.6) is 5.75 Å². The molecule has 0 unspecified atom stereocenters. The van der Waals surface area contributed by atoms with Crippen LogP contribution >= 0.6 is 0 Å². The van der Waals surface area contributed by atoms with Gasteiger partial charge in [-0.15, -0.1) is 0 Å². The fourth-order valence-corrected chi connectivity index (χ4v) is 2.83. The van der Waals surface area contributed by atoms with Crippen molar-refractivity contribution in [2.45, 2.75) is 19.9 Å². The molecule has 2 rings (SSSR count). The number of amides is 3. The molecular weight excluding hydrogens is 348 g/mol. The molecule has 3 amide bonds. The fraction of sp³-hybridized carbons (Fsp3) is 0.526. The highest BCUT2D eigenvalue weighted by molar-refractivity contribution is 6.35. The van der Waals surface area contributed by atoms with Crippen LogP contribution in [0.1, 0.15) is 24.2 Å². The Morgan fingerprint density at radius 1 is 1.04 bits per heavy atom. The van der Waals surface area contributed by atoms with Gasteiger partial charge in [-0.25, -0.2) is 0 Å². The third-order valence-electron chi connectivity index (χ3n) is 4.34. The van der Waals surface area contributed by atoms with Gasteiger partial charge >= 0.3 is 11.8 Å². The minimum absolute atomic E-state index is 0.0102. The Kier molecular flexibility index (Phi) is 7.60. The minimum Gasteiger partial charge on any atom is -0.497 e. The Morgan fingerprint density at radius 2 is 1.67 bits per heavy atom. The van der Waals surface area contributed by atoms with Gasteiger partial charge in [-0.3, -0.25) is 19.3 Å². The molecule has 8 nitrogen and oxygen atoms in total. The lowest BCUT2D eigenvalue weighted by Crippen LogP contribution is -2.51. The van der Waals surface area contributed by atoms with Crippen LogP contribution in [0.3, 0.4) is 0 Å². The fourth-order valence-electron chi connectivity index (χ4n) is 2.83. The van der Waals surface area contributed by atoms with E-state index in [-0.39, 0.29) is 11.9 Å². The molecule has 8 heteroatoms. The monoisotopic (exact) mass is 376 g/mol. The summed E-state index contributed by atoms with van der Waals surface area (Å²) < 4.78 is 5.11. The van der Waals surface area contributed by atoms with Crippen molar-refractivity contribution in [2.24, 2.45) is 0 Å². The molecule has 1 aliphatic heterocycles. The number of nitrogens with zero attached hydrogens (tertiary/aromatic N) is 2. The van der Waals surface area contributed by atoms with Gasteiger partial charge in [0.2, 0.25) is 0 Å². The largest absolute Gasteiger partial charge is 0.497 e. The van der Waals surface area contributed by atoms with Crippen molar-refractivity contribution in [3.05, 3.63) is 29.8 Å². The van der Waals surface area contributed by atoms with E-state index in [4.69, 9.17) is 4.74 Å². The number of piperazine rings is 1. The number of rotatable bonds is 6. The Labute approximate surface area is 159 Å². The van der Waals surface area contributed by atoms with Gasteiger partial charge in [-0.1, -0.05) is 0 Å². The molecule has 1 aliphatic rings. The molecule has 0 spiro atoms. The lowest BCUT2D eigenvalue weighted by Gasteiger charge is -2.34. The van der Waals surface area contributed by atoms with Crippen LogP contribution in [0.15, 0.2) is 24.3 Å². The molecule has 1 heterocycles. The summed E-state index contributed by atoms with van der Waals surface area (Å²) in [5.74, 6) is -0.492. The summed E-state index contributed by atoms with van der Waals surface area (Å²) in [7, 11) is 1.59. The zero-order chi connectivity index (χ0) is 19.8. The molecule has 2 N–H and O–H groups in total. The van der Waals surface area contributed by atoms with Crippen LogP contribution < -0.4 is 15.4 Å². The average Bonchev–Trinajstić information content (AvgIpc) is 2.67. The van der Waals surface area contributed by atoms with Crippen molar-refractivity contribution >= 4 is 17.7 Å². The van der Waals surface area contributed by atoms with Gasteiger partial charge in [0.05, 0.1) is 7.11 Å². The standard InChI is InChI=1S/C19H28N4O4/c1-14(2)21-18(25)17(24)20-8-9-22-10-12-23(13-11-22)19(26)15-4-6-16(27-3)7-5-15/h4-7,14H,8-13H2,1-3H3,(H,20,24)(H,21,25). The van der Waals surface area contributed by atoms with E-state index >= 15 is 0 Å². The molecule has 0 bridgehead atoms. The van der Waals surface area contributed by atoms with Crippen LogP contribution in [-0.4, -0.2) is 79.9 Å². The zero-order valence-corrected chi connectivity index (χ0v) is 16.2. The van der Waals surface area contributed by atoms with Crippen molar-refractivity contribution in [1.29, 1.82) is 0 Å². The highest BCUT2D eigenvalue weighted by atomic mass is 16.5. The molecule has 0 radical (unpaired) electrons. The Balaban J connectivity index is 1.71. The second-order valence-corrected chi connectivity index (χ2v) is 6.75. The summed E-state index contributed by atoms with van der Waals surface area (Å²) in [6, 6.07) is 7.03. The van der Waals surface area contributed by atoms with E-state index < -0.39 is 11.8 Å². The summed E-state index contributed by atoms with van der Waals surface area (Å²) in [5, 5.41) is 5.18. The molecule has 0 saturated carbocycles. The van der Waals surface area contributed by atoms with Gasteiger partial charge in [-0.2, -0.15) is 0 Å². The summed E-state index contributed by atoms with van der Waals surface area (Å²) in [5.41, 5.74) is 0.646. The maximum absolute atomic E-state index is 12.5. The molecule has 1 fully saturated rings. The van der Waals surface area contributed by atoms with Crippen molar-refractivity contribution in [3.63, 3.8) is 0 Å². The van der Waals surface area contributed by atoms with Gasteiger partial charge < -0.3 is 20.3 Å². The van der Waals surface area contributed by atoms with E-state index in [0.29, 0.717) is 31.7 Å². The Hall–Kier alpha value is -2.61. The third-order valence-corrected chi connectivity index (χ3v) is 4.34. The molecule has 1 saturated heterocycles. The molecule has 0 atom stereocenters. The van der Waals surface area contributed by atoms with Crippen molar-refractivity contribution in [2.75, 3.05) is 46.4 Å². The molecule has 0 aliphatic carbocycles. The topological polar surface area (TPSA) is 91.0 Å². The molecule has 0 aromatic heterocycles. The average molecular weight is 376 g/mol. The second kappa shape index (κ2) is 9.91. The van der Waals surface area contributed by atoms with Gasteiger partial charge in [0.1, 0.15) is 5.75 Å². The maximum atomic E-state index is 12.5. The number of hydrogen-bond donors (Lipinski definition) is 2. The van der Waals surface area contributed by atoms with Crippen LogP contribution in [0.2, 0.25) is 0 Å². The number of ether oxygens (including phenoxy) is 1. The number of nitrogens with one attached hydrogen (secondary N) is 2. The normalized spacial score (nSPS) is 14.7. The number of methoxy groups -OCH3 is 1. The summed E-state index contributed by atoms with van der Waals surface area (Å²) in [4.78, 5) is 39.7.